The molecule has 4 heteroatoms. The van der Waals surface area contributed by atoms with E-state index in [1.165, 1.54) is 16.8 Å². The van der Waals surface area contributed by atoms with Crippen molar-refractivity contribution in [2.45, 2.75) is 46.4 Å². The fraction of sp³-hybridized carbons (Fsp3) is 0.500. The minimum absolute atomic E-state index is 0.615. The molecule has 0 amide bonds. The molecule has 4 nitrogen and oxygen atoms in total. The van der Waals surface area contributed by atoms with Gasteiger partial charge in [0.15, 0.2) is 0 Å². The number of hydrogen-bond donors (Lipinski definition) is 1. The van der Waals surface area contributed by atoms with Crippen molar-refractivity contribution >= 4 is 5.69 Å². The van der Waals surface area contributed by atoms with Gasteiger partial charge in [-0.15, -0.1) is 0 Å². The van der Waals surface area contributed by atoms with Crippen LogP contribution in [0.2, 0.25) is 0 Å². The Labute approximate surface area is 133 Å². The Morgan fingerprint density at radius 3 is 2.77 bits per heavy atom. The molecular weight excluding hydrogens is 272 g/mol. The van der Waals surface area contributed by atoms with Crippen molar-refractivity contribution in [1.29, 1.82) is 0 Å². The van der Waals surface area contributed by atoms with Crippen LogP contribution in [-0.4, -0.2) is 27.3 Å². The first kappa shape index (κ1) is 15.1. The van der Waals surface area contributed by atoms with Crippen LogP contribution in [0.5, 0.6) is 0 Å². The third-order valence-corrected chi connectivity index (χ3v) is 4.76. The van der Waals surface area contributed by atoms with E-state index in [9.17, 15) is 0 Å². The molecule has 0 bridgehead atoms. The highest BCUT2D eigenvalue weighted by Crippen LogP contribution is 2.31. The van der Waals surface area contributed by atoms with Crippen LogP contribution in [0.25, 0.3) is 0 Å². The molecule has 1 aliphatic rings. The molecule has 0 radical (unpaired) electrons. The second kappa shape index (κ2) is 6.53. The van der Waals surface area contributed by atoms with E-state index in [4.69, 9.17) is 0 Å². The summed E-state index contributed by atoms with van der Waals surface area (Å²) in [6.45, 7) is 10.9. The van der Waals surface area contributed by atoms with Gasteiger partial charge in [-0.1, -0.05) is 26.0 Å². The monoisotopic (exact) mass is 298 g/mol. The molecule has 22 heavy (non-hydrogen) atoms. The SMILES string of the molecule is CC(C)C(C)N1Cc2cccc(NCCn3cccn3)c2C1. The number of benzene rings is 1. The summed E-state index contributed by atoms with van der Waals surface area (Å²) in [6, 6.07) is 9.21. The van der Waals surface area contributed by atoms with Gasteiger partial charge < -0.3 is 5.32 Å². The molecule has 0 saturated heterocycles. The number of nitrogens with zero attached hydrogens (tertiary/aromatic N) is 3. The van der Waals surface area contributed by atoms with Crippen LogP contribution in [0.3, 0.4) is 0 Å². The molecule has 2 aromatic rings. The molecule has 1 aromatic heterocycles. The molecule has 2 heterocycles. The van der Waals surface area contributed by atoms with Gasteiger partial charge in [-0.05, 0) is 36.1 Å². The molecule has 1 aliphatic heterocycles. The molecule has 1 atom stereocenters. The van der Waals surface area contributed by atoms with Crippen LogP contribution in [0.4, 0.5) is 5.69 Å². The molecular formula is C18H26N4. The van der Waals surface area contributed by atoms with Crippen molar-refractivity contribution in [2.75, 3.05) is 11.9 Å². The van der Waals surface area contributed by atoms with Gasteiger partial charge in [0.05, 0.1) is 6.54 Å². The summed E-state index contributed by atoms with van der Waals surface area (Å²) in [6.07, 6.45) is 3.83. The van der Waals surface area contributed by atoms with Gasteiger partial charge in [-0.2, -0.15) is 5.10 Å². The molecule has 118 valence electrons. The molecule has 1 aromatic carbocycles. The van der Waals surface area contributed by atoms with Gasteiger partial charge in [0.2, 0.25) is 0 Å². The number of rotatable bonds is 6. The summed E-state index contributed by atoms with van der Waals surface area (Å²) in [5, 5.41) is 7.83. The largest absolute Gasteiger partial charge is 0.383 e. The van der Waals surface area contributed by atoms with E-state index in [1.54, 1.807) is 0 Å². The summed E-state index contributed by atoms with van der Waals surface area (Å²) < 4.78 is 1.96. The maximum atomic E-state index is 4.24. The second-order valence-corrected chi connectivity index (χ2v) is 6.53. The van der Waals surface area contributed by atoms with E-state index < -0.39 is 0 Å². The fourth-order valence-corrected chi connectivity index (χ4v) is 3.06. The zero-order valence-electron chi connectivity index (χ0n) is 13.8. The predicted octanol–water partition coefficient (Wildman–Crippen LogP) is 3.36. The lowest BCUT2D eigenvalue weighted by Gasteiger charge is -2.27. The highest BCUT2D eigenvalue weighted by molar-refractivity contribution is 5.56. The van der Waals surface area contributed by atoms with Crippen molar-refractivity contribution in [3.8, 4) is 0 Å². The summed E-state index contributed by atoms with van der Waals surface area (Å²) in [5.41, 5.74) is 4.22. The summed E-state index contributed by atoms with van der Waals surface area (Å²) in [5.74, 6) is 0.686. The quantitative estimate of drug-likeness (QED) is 0.888. The van der Waals surface area contributed by atoms with E-state index in [1.807, 2.05) is 23.1 Å². The summed E-state index contributed by atoms with van der Waals surface area (Å²) >= 11 is 0. The number of hydrogen-bond acceptors (Lipinski definition) is 3. The van der Waals surface area contributed by atoms with Crippen LogP contribution in [-0.2, 0) is 19.6 Å². The first-order valence-corrected chi connectivity index (χ1v) is 8.21. The molecule has 1 unspecified atom stereocenters. The van der Waals surface area contributed by atoms with Gasteiger partial charge in [-0.25, -0.2) is 0 Å². The van der Waals surface area contributed by atoms with Crippen LogP contribution >= 0.6 is 0 Å². The zero-order valence-corrected chi connectivity index (χ0v) is 13.8. The van der Waals surface area contributed by atoms with Crippen LogP contribution < -0.4 is 5.32 Å². The Hall–Kier alpha value is -1.81. The standard InChI is InChI=1S/C18H26N4/c1-14(2)15(3)21-12-16-6-4-7-18(17(16)13-21)19-9-11-22-10-5-8-20-22/h4-8,10,14-15,19H,9,11-13H2,1-3H3. The molecule has 0 spiro atoms. The maximum absolute atomic E-state index is 4.24. The third kappa shape index (κ3) is 3.17. The van der Waals surface area contributed by atoms with Gasteiger partial charge in [0, 0.05) is 43.8 Å². The summed E-state index contributed by atoms with van der Waals surface area (Å²) in [7, 11) is 0. The molecule has 3 rings (SSSR count). The van der Waals surface area contributed by atoms with Crippen molar-refractivity contribution in [3.63, 3.8) is 0 Å². The fourth-order valence-electron chi connectivity index (χ4n) is 3.06. The van der Waals surface area contributed by atoms with Crippen molar-refractivity contribution in [1.82, 2.24) is 14.7 Å². The van der Waals surface area contributed by atoms with Crippen LogP contribution in [0.1, 0.15) is 31.9 Å². The molecule has 0 fully saturated rings. The first-order valence-electron chi connectivity index (χ1n) is 8.21. The first-order chi connectivity index (χ1) is 10.6. The zero-order chi connectivity index (χ0) is 15.5. The van der Waals surface area contributed by atoms with Gasteiger partial charge >= 0.3 is 0 Å². The second-order valence-electron chi connectivity index (χ2n) is 6.53. The highest BCUT2D eigenvalue weighted by atomic mass is 15.3. The molecule has 0 aliphatic carbocycles. The predicted molar refractivity (Wildman–Crippen MR) is 90.7 cm³/mol. The topological polar surface area (TPSA) is 33.1 Å². The lowest BCUT2D eigenvalue weighted by atomic mass is 10.1. The molecule has 0 saturated carbocycles. The average molecular weight is 298 g/mol. The van der Waals surface area contributed by atoms with Crippen LogP contribution in [0, 0.1) is 5.92 Å². The van der Waals surface area contributed by atoms with Crippen molar-refractivity contribution < 1.29 is 0 Å². The van der Waals surface area contributed by atoms with Gasteiger partial charge in [-0.3, -0.25) is 9.58 Å². The third-order valence-electron chi connectivity index (χ3n) is 4.76. The maximum Gasteiger partial charge on any atom is 0.0582 e. The number of aromatic nitrogens is 2. The van der Waals surface area contributed by atoms with Crippen molar-refractivity contribution in [3.05, 3.63) is 47.8 Å². The molecule has 1 N–H and O–H groups in total. The number of fused-ring (bicyclic) bond motifs is 1. The van der Waals surface area contributed by atoms with E-state index >= 15 is 0 Å². The van der Waals surface area contributed by atoms with Crippen molar-refractivity contribution in [2.24, 2.45) is 5.92 Å². The Kier molecular flexibility index (Phi) is 4.48. The minimum Gasteiger partial charge on any atom is -0.383 e. The normalized spacial score (nSPS) is 16.0. The van der Waals surface area contributed by atoms with E-state index in [2.05, 4.69) is 54.3 Å². The Bertz CT molecular complexity index is 604. The number of anilines is 1. The average Bonchev–Trinajstić information content (AvgIpc) is 3.15. The van der Waals surface area contributed by atoms with E-state index in [0.29, 0.717) is 12.0 Å². The lowest BCUT2D eigenvalue weighted by molar-refractivity contribution is 0.170. The van der Waals surface area contributed by atoms with Gasteiger partial charge in [0.25, 0.3) is 0 Å². The highest BCUT2D eigenvalue weighted by Gasteiger charge is 2.26. The Balaban J connectivity index is 1.64. The number of nitrogens with one attached hydrogen (secondary N) is 1. The Morgan fingerprint density at radius 1 is 1.18 bits per heavy atom. The summed E-state index contributed by atoms with van der Waals surface area (Å²) in [4.78, 5) is 2.58. The smallest absolute Gasteiger partial charge is 0.0582 e. The van der Waals surface area contributed by atoms with E-state index in [0.717, 1.165) is 26.2 Å². The lowest BCUT2D eigenvalue weighted by Crippen LogP contribution is -2.32. The van der Waals surface area contributed by atoms with E-state index in [-0.39, 0.29) is 0 Å². The minimum atomic E-state index is 0.615. The van der Waals surface area contributed by atoms with Gasteiger partial charge in [0.1, 0.15) is 0 Å². The Morgan fingerprint density at radius 2 is 2.05 bits per heavy atom. The van der Waals surface area contributed by atoms with Crippen LogP contribution in [0.15, 0.2) is 36.7 Å².